The van der Waals surface area contributed by atoms with Crippen LogP contribution in [0.25, 0.3) is 108 Å². The van der Waals surface area contributed by atoms with E-state index < -0.39 is 0 Å². The number of hydrogen-bond acceptors (Lipinski definition) is 4. The molecule has 0 saturated carbocycles. The number of thiophene rings is 2. The molecule has 0 atom stereocenters. The van der Waals surface area contributed by atoms with Gasteiger partial charge >= 0.3 is 0 Å². The molecule has 366 valence electrons. The van der Waals surface area contributed by atoms with Gasteiger partial charge in [-0.05, 0) is 159 Å². The largest absolute Gasteiger partial charge is 0.310 e. The highest BCUT2D eigenvalue weighted by Crippen LogP contribution is 2.53. The maximum atomic E-state index is 2.52. The van der Waals surface area contributed by atoms with Crippen molar-refractivity contribution in [2.75, 3.05) is 9.80 Å². The van der Waals surface area contributed by atoms with E-state index in [2.05, 4.69) is 297 Å². The Morgan fingerprint density at radius 1 is 0.269 bits per heavy atom. The Kier molecular flexibility index (Phi) is 10.3. The standard InChI is InChI=1S/C72H46N4S2/c1-3-19-52(20-4-1)75-65-25-13-11-23-59(65)63-45-57(35-37-67(63)75)73(55-33-27-47-15-7-9-17-50(47)43-55)54-31-29-49(30-32-54)69-61-39-41-78-72(61)70(62-40-42-77-71(62)69)74(56-34-28-48-16-8-10-18-51(48)44-56)58-36-38-68-64(46-58)60-24-12-14-26-66(60)76(68)53-21-5-2-6-22-53/h1-46H. The normalized spacial score (nSPS) is 11.8. The first-order chi connectivity index (χ1) is 38.7. The zero-order valence-corrected chi connectivity index (χ0v) is 43.8. The van der Waals surface area contributed by atoms with Gasteiger partial charge in [0.05, 0.1) is 32.5 Å². The van der Waals surface area contributed by atoms with Crippen molar-refractivity contribution in [2.45, 2.75) is 0 Å². The third-order valence-electron chi connectivity index (χ3n) is 15.8. The molecular formula is C72H46N4S2. The molecule has 16 aromatic rings. The van der Waals surface area contributed by atoms with Crippen molar-refractivity contribution in [2.24, 2.45) is 0 Å². The topological polar surface area (TPSA) is 16.3 Å². The van der Waals surface area contributed by atoms with Crippen LogP contribution in [0.2, 0.25) is 0 Å². The highest BCUT2D eigenvalue weighted by atomic mass is 32.1. The van der Waals surface area contributed by atoms with Gasteiger partial charge < -0.3 is 18.9 Å². The maximum absolute atomic E-state index is 2.52. The smallest absolute Gasteiger partial charge is 0.0727 e. The first-order valence-electron chi connectivity index (χ1n) is 26.5. The van der Waals surface area contributed by atoms with Gasteiger partial charge in [-0.1, -0.05) is 146 Å². The van der Waals surface area contributed by atoms with Crippen LogP contribution in [0, 0.1) is 0 Å². The minimum atomic E-state index is 1.09. The fraction of sp³-hybridized carbons (Fsp3) is 0. The fourth-order valence-corrected chi connectivity index (χ4v) is 14.2. The van der Waals surface area contributed by atoms with Crippen molar-refractivity contribution in [3.63, 3.8) is 0 Å². The SMILES string of the molecule is c1ccc(-n2c3ccccc3c3cc(N(c4ccc(-c5c6ccsc6c(N(c6ccc7ccccc7c6)c6ccc7c(c6)c6ccccc6n7-c6ccccc6)c6ccsc56)cc4)c4ccc5ccccc5c4)ccc32)cc1. The molecule has 12 aromatic carbocycles. The molecule has 4 aromatic heterocycles. The monoisotopic (exact) mass is 1030 g/mol. The van der Waals surface area contributed by atoms with Gasteiger partial charge in [-0.3, -0.25) is 0 Å². The van der Waals surface area contributed by atoms with Gasteiger partial charge in [0.25, 0.3) is 0 Å². The van der Waals surface area contributed by atoms with Crippen LogP contribution >= 0.6 is 22.7 Å². The third-order valence-corrected chi connectivity index (χ3v) is 17.6. The molecule has 0 spiro atoms. The average molecular weight is 1030 g/mol. The molecule has 0 saturated heterocycles. The Bertz CT molecular complexity index is 4940. The molecule has 0 aliphatic carbocycles. The van der Waals surface area contributed by atoms with Crippen LogP contribution in [0.5, 0.6) is 0 Å². The van der Waals surface area contributed by atoms with Gasteiger partial charge in [0.2, 0.25) is 0 Å². The van der Waals surface area contributed by atoms with Gasteiger partial charge in [0.1, 0.15) is 0 Å². The van der Waals surface area contributed by atoms with Gasteiger partial charge in [0, 0.05) is 82.4 Å². The lowest BCUT2D eigenvalue weighted by atomic mass is 9.97. The number of hydrogen-bond donors (Lipinski definition) is 0. The summed E-state index contributed by atoms with van der Waals surface area (Å²) in [5.41, 5.74) is 16.2. The van der Waals surface area contributed by atoms with Crippen molar-refractivity contribution in [3.05, 3.63) is 278 Å². The Balaban J connectivity index is 0.866. The molecule has 6 heteroatoms. The van der Waals surface area contributed by atoms with E-state index in [-0.39, 0.29) is 0 Å². The van der Waals surface area contributed by atoms with Crippen molar-refractivity contribution in [1.29, 1.82) is 0 Å². The molecule has 0 radical (unpaired) electrons. The Morgan fingerprint density at radius 3 is 1.27 bits per heavy atom. The van der Waals surface area contributed by atoms with Crippen LogP contribution in [-0.2, 0) is 0 Å². The lowest BCUT2D eigenvalue weighted by molar-refractivity contribution is 1.18. The van der Waals surface area contributed by atoms with E-state index in [4.69, 9.17) is 0 Å². The molecular weight excluding hydrogens is 985 g/mol. The predicted octanol–water partition coefficient (Wildman–Crippen LogP) is 21.2. The van der Waals surface area contributed by atoms with Gasteiger partial charge in [-0.15, -0.1) is 22.7 Å². The van der Waals surface area contributed by atoms with E-state index in [0.29, 0.717) is 0 Å². The van der Waals surface area contributed by atoms with Gasteiger partial charge in [-0.25, -0.2) is 0 Å². The summed E-state index contributed by atoms with van der Waals surface area (Å²) in [6.45, 7) is 0. The number of anilines is 6. The van der Waals surface area contributed by atoms with Crippen LogP contribution in [0.4, 0.5) is 34.1 Å². The third kappa shape index (κ3) is 7.04. The molecule has 0 unspecified atom stereocenters. The minimum Gasteiger partial charge on any atom is -0.310 e. The molecule has 78 heavy (non-hydrogen) atoms. The summed E-state index contributed by atoms with van der Waals surface area (Å²) in [6.07, 6.45) is 0. The number of para-hydroxylation sites is 4. The summed E-state index contributed by atoms with van der Waals surface area (Å²) < 4.78 is 7.30. The van der Waals surface area contributed by atoms with Crippen molar-refractivity contribution in [3.8, 4) is 22.5 Å². The number of fused-ring (bicyclic) bond motifs is 10. The van der Waals surface area contributed by atoms with Crippen LogP contribution in [0.1, 0.15) is 0 Å². The van der Waals surface area contributed by atoms with Crippen LogP contribution < -0.4 is 9.80 Å². The number of rotatable bonds is 9. The van der Waals surface area contributed by atoms with Gasteiger partial charge in [-0.2, -0.15) is 0 Å². The number of benzene rings is 12. The summed E-state index contributed by atoms with van der Waals surface area (Å²) in [5, 5.41) is 16.8. The number of nitrogens with zero attached hydrogens (tertiary/aromatic N) is 4. The lowest BCUT2D eigenvalue weighted by Gasteiger charge is -2.28. The zero-order chi connectivity index (χ0) is 51.3. The van der Waals surface area contributed by atoms with E-state index in [0.717, 1.165) is 39.8 Å². The van der Waals surface area contributed by atoms with Crippen LogP contribution in [0.15, 0.2) is 278 Å². The second-order valence-corrected chi connectivity index (χ2v) is 21.9. The molecule has 0 fully saturated rings. The lowest BCUT2D eigenvalue weighted by Crippen LogP contribution is -2.11. The minimum absolute atomic E-state index is 1.09. The molecule has 16 rings (SSSR count). The van der Waals surface area contributed by atoms with E-state index in [9.17, 15) is 0 Å². The van der Waals surface area contributed by atoms with E-state index in [1.165, 1.54) is 102 Å². The van der Waals surface area contributed by atoms with Gasteiger partial charge in [0.15, 0.2) is 0 Å². The summed E-state index contributed by atoms with van der Waals surface area (Å²) in [4.78, 5) is 4.95. The van der Waals surface area contributed by atoms with Crippen LogP contribution in [-0.4, -0.2) is 9.13 Å². The average Bonchev–Trinajstić information content (AvgIpc) is 4.46. The molecule has 4 nitrogen and oxygen atoms in total. The Hall–Kier alpha value is -9.72. The molecule has 0 aliphatic heterocycles. The van der Waals surface area contributed by atoms with Crippen molar-refractivity contribution < 1.29 is 0 Å². The van der Waals surface area contributed by atoms with E-state index >= 15 is 0 Å². The fourth-order valence-electron chi connectivity index (χ4n) is 12.3. The van der Waals surface area contributed by atoms with E-state index in [1.54, 1.807) is 0 Å². The maximum Gasteiger partial charge on any atom is 0.0727 e. The molecule has 0 amide bonds. The first-order valence-corrected chi connectivity index (χ1v) is 28.2. The molecule has 0 aliphatic rings. The Labute approximate surface area is 458 Å². The van der Waals surface area contributed by atoms with Crippen molar-refractivity contribution in [1.82, 2.24) is 9.13 Å². The van der Waals surface area contributed by atoms with Crippen molar-refractivity contribution >= 4 is 142 Å². The second-order valence-electron chi connectivity index (χ2n) is 20.1. The second kappa shape index (κ2) is 18.0. The van der Waals surface area contributed by atoms with E-state index in [1.807, 2.05) is 22.7 Å². The summed E-state index contributed by atoms with van der Waals surface area (Å²) in [7, 11) is 0. The Morgan fingerprint density at radius 2 is 0.692 bits per heavy atom. The predicted molar refractivity (Wildman–Crippen MR) is 336 cm³/mol. The van der Waals surface area contributed by atoms with Crippen LogP contribution in [0.3, 0.4) is 0 Å². The highest BCUT2D eigenvalue weighted by molar-refractivity contribution is 7.20. The first kappa shape index (κ1) is 44.6. The highest BCUT2D eigenvalue weighted by Gasteiger charge is 2.26. The zero-order valence-electron chi connectivity index (χ0n) is 42.2. The molecule has 0 bridgehead atoms. The summed E-state index contributed by atoms with van der Waals surface area (Å²) >= 11 is 3.65. The molecule has 0 N–H and O–H groups in total. The summed E-state index contributed by atoms with van der Waals surface area (Å²) in [5.74, 6) is 0. The summed E-state index contributed by atoms with van der Waals surface area (Å²) in [6, 6.07) is 98.1. The number of aromatic nitrogens is 2. The quantitative estimate of drug-likeness (QED) is 0.143. The molecule has 4 heterocycles.